The van der Waals surface area contributed by atoms with E-state index in [4.69, 9.17) is 28.8 Å². The summed E-state index contributed by atoms with van der Waals surface area (Å²) in [6.07, 6.45) is 0. The van der Waals surface area contributed by atoms with Gasteiger partial charge in [-0.25, -0.2) is 19.9 Å². The average Bonchev–Trinajstić information content (AvgIpc) is 3.94. The van der Waals surface area contributed by atoms with Crippen molar-refractivity contribution in [3.8, 4) is 56.7 Å². The van der Waals surface area contributed by atoms with Crippen LogP contribution in [-0.2, 0) is 0 Å². The molecule has 0 fully saturated rings. The van der Waals surface area contributed by atoms with Gasteiger partial charge in [0.1, 0.15) is 16.7 Å². The van der Waals surface area contributed by atoms with E-state index < -0.39 is 0 Å². The predicted octanol–water partition coefficient (Wildman–Crippen LogP) is 12.6. The molecule has 0 atom stereocenters. The van der Waals surface area contributed by atoms with Crippen molar-refractivity contribution < 1.29 is 8.83 Å². The molecular weight excluding hydrogens is 673 g/mol. The molecule has 7 heteroatoms. The molecule has 6 nitrogen and oxygen atoms in total. The van der Waals surface area contributed by atoms with Gasteiger partial charge in [0.2, 0.25) is 5.89 Å². The summed E-state index contributed by atoms with van der Waals surface area (Å²) in [5.41, 5.74) is 8.85. The van der Waals surface area contributed by atoms with Gasteiger partial charge < -0.3 is 8.83 Å². The van der Waals surface area contributed by atoms with Gasteiger partial charge in [-0.15, -0.1) is 11.3 Å². The number of aromatic nitrogens is 4. The van der Waals surface area contributed by atoms with Crippen molar-refractivity contribution >= 4 is 64.5 Å². The van der Waals surface area contributed by atoms with E-state index in [1.165, 1.54) is 4.70 Å². The van der Waals surface area contributed by atoms with Crippen molar-refractivity contribution in [1.29, 1.82) is 0 Å². The molecule has 0 radical (unpaired) electrons. The summed E-state index contributed by atoms with van der Waals surface area (Å²) >= 11 is 1.76. The summed E-state index contributed by atoms with van der Waals surface area (Å²) in [6, 6.07) is 53.3. The van der Waals surface area contributed by atoms with Crippen molar-refractivity contribution in [3.63, 3.8) is 0 Å². The van der Waals surface area contributed by atoms with Crippen molar-refractivity contribution in [2.24, 2.45) is 0 Å². The first-order valence-electron chi connectivity index (χ1n) is 17.4. The number of fused-ring (bicyclic) bond motifs is 8. The van der Waals surface area contributed by atoms with Gasteiger partial charge in [0.15, 0.2) is 23.1 Å². The lowest BCUT2D eigenvalue weighted by Crippen LogP contribution is -2.01. The lowest BCUT2D eigenvalue weighted by Gasteiger charge is -2.13. The molecule has 0 saturated carbocycles. The second-order valence-corrected chi connectivity index (χ2v) is 14.0. The molecule has 0 aliphatic heterocycles. The zero-order valence-corrected chi connectivity index (χ0v) is 28.8. The first kappa shape index (κ1) is 29.7. The van der Waals surface area contributed by atoms with Crippen molar-refractivity contribution in [1.82, 2.24) is 19.9 Å². The molecule has 7 aromatic carbocycles. The Morgan fingerprint density at radius 1 is 0.415 bits per heavy atom. The van der Waals surface area contributed by atoms with E-state index in [1.54, 1.807) is 11.3 Å². The number of nitrogens with zero attached hydrogens (tertiary/aromatic N) is 4. The molecule has 0 unspecified atom stereocenters. The fourth-order valence-corrected chi connectivity index (χ4v) is 8.61. The molecule has 0 aliphatic rings. The molecule has 0 spiro atoms. The summed E-state index contributed by atoms with van der Waals surface area (Å²) in [7, 11) is 0. The number of benzene rings is 7. The molecule has 248 valence electrons. The molecule has 4 aromatic heterocycles. The Balaban J connectivity index is 1.18. The third-order valence-corrected chi connectivity index (χ3v) is 11.0. The Bertz CT molecular complexity index is 3180. The number of para-hydroxylation sites is 1. The highest BCUT2D eigenvalue weighted by molar-refractivity contribution is 7.26. The van der Waals surface area contributed by atoms with Crippen LogP contribution in [0.3, 0.4) is 0 Å². The van der Waals surface area contributed by atoms with Crippen LogP contribution in [0.5, 0.6) is 0 Å². The lowest BCUT2D eigenvalue weighted by atomic mass is 9.96. The maximum absolute atomic E-state index is 6.58. The number of furan rings is 1. The van der Waals surface area contributed by atoms with E-state index in [0.29, 0.717) is 23.4 Å². The average molecular weight is 699 g/mol. The van der Waals surface area contributed by atoms with Crippen LogP contribution < -0.4 is 0 Å². The second kappa shape index (κ2) is 11.8. The summed E-state index contributed by atoms with van der Waals surface area (Å²) in [5, 5.41) is 4.19. The van der Waals surface area contributed by atoms with Crippen LogP contribution in [0, 0.1) is 0 Å². The van der Waals surface area contributed by atoms with E-state index in [1.807, 2.05) is 97.1 Å². The van der Waals surface area contributed by atoms with Crippen molar-refractivity contribution in [3.05, 3.63) is 158 Å². The van der Waals surface area contributed by atoms with Gasteiger partial charge in [0, 0.05) is 58.8 Å². The maximum atomic E-state index is 6.58. The van der Waals surface area contributed by atoms with Gasteiger partial charge in [-0.1, -0.05) is 121 Å². The standard InChI is InChI=1S/C46H26N4O2S/c1-3-14-27(15-4-1)43-48-44(50-45(49-43)33-22-13-24-37-39(33)31-20-9-11-23-36(31)51-37)30-19-8-7-18-29(30)34-26-35-41(52-46(47-35)28-16-5-2-6-17-28)40-32-21-10-12-25-38(32)53-42(34)40/h1-26H. The van der Waals surface area contributed by atoms with Crippen LogP contribution in [0.25, 0.3) is 110 Å². The number of hydrogen-bond donors (Lipinski definition) is 0. The molecule has 0 amide bonds. The Morgan fingerprint density at radius 3 is 1.87 bits per heavy atom. The quantitative estimate of drug-likeness (QED) is 0.178. The fourth-order valence-electron chi connectivity index (χ4n) is 7.38. The summed E-state index contributed by atoms with van der Waals surface area (Å²) in [6.45, 7) is 0. The van der Waals surface area contributed by atoms with E-state index >= 15 is 0 Å². The minimum absolute atomic E-state index is 0.576. The molecule has 11 rings (SSSR count). The van der Waals surface area contributed by atoms with E-state index in [0.717, 1.165) is 81.9 Å². The van der Waals surface area contributed by atoms with Gasteiger partial charge in [-0.2, -0.15) is 0 Å². The first-order chi connectivity index (χ1) is 26.3. The van der Waals surface area contributed by atoms with Crippen LogP contribution in [0.15, 0.2) is 167 Å². The molecule has 0 aliphatic carbocycles. The Morgan fingerprint density at radius 2 is 1.04 bits per heavy atom. The van der Waals surface area contributed by atoms with E-state index in [2.05, 4.69) is 60.7 Å². The molecule has 0 bridgehead atoms. The minimum Gasteiger partial charge on any atom is -0.456 e. The maximum Gasteiger partial charge on any atom is 0.227 e. The Hall–Kier alpha value is -6.96. The van der Waals surface area contributed by atoms with Crippen LogP contribution in [0.2, 0.25) is 0 Å². The van der Waals surface area contributed by atoms with Crippen LogP contribution in [0.1, 0.15) is 0 Å². The van der Waals surface area contributed by atoms with Crippen molar-refractivity contribution in [2.45, 2.75) is 0 Å². The van der Waals surface area contributed by atoms with Crippen LogP contribution in [-0.4, -0.2) is 19.9 Å². The summed E-state index contributed by atoms with van der Waals surface area (Å²) < 4.78 is 15.2. The first-order valence-corrected chi connectivity index (χ1v) is 18.2. The third kappa shape index (κ3) is 4.79. The number of hydrogen-bond acceptors (Lipinski definition) is 7. The normalized spacial score (nSPS) is 11.8. The SMILES string of the molecule is c1ccc(-c2nc(-c3ccccc3-c3cc4nc(-c5ccccc5)oc4c4c3sc3ccccc34)nc(-c3cccc4oc5ccccc5c34)n2)cc1. The zero-order chi connectivity index (χ0) is 34.9. The topological polar surface area (TPSA) is 77.8 Å². The number of thiophene rings is 1. The van der Waals surface area contributed by atoms with Crippen LogP contribution in [0.4, 0.5) is 0 Å². The van der Waals surface area contributed by atoms with Crippen LogP contribution >= 0.6 is 11.3 Å². The molecule has 0 saturated heterocycles. The van der Waals surface area contributed by atoms with Gasteiger partial charge in [-0.3, -0.25) is 0 Å². The number of rotatable bonds is 5. The molecule has 0 N–H and O–H groups in total. The second-order valence-electron chi connectivity index (χ2n) is 13.0. The highest BCUT2D eigenvalue weighted by Crippen LogP contribution is 2.47. The Kier molecular flexibility index (Phi) is 6.62. The summed E-state index contributed by atoms with van der Waals surface area (Å²) in [4.78, 5) is 20.6. The van der Waals surface area contributed by atoms with Gasteiger partial charge in [0.25, 0.3) is 0 Å². The molecule has 4 heterocycles. The zero-order valence-electron chi connectivity index (χ0n) is 28.0. The van der Waals surface area contributed by atoms with Crippen molar-refractivity contribution in [2.75, 3.05) is 0 Å². The minimum atomic E-state index is 0.576. The van der Waals surface area contributed by atoms with E-state index in [9.17, 15) is 0 Å². The Labute approximate surface area is 306 Å². The number of oxazole rings is 1. The molecule has 53 heavy (non-hydrogen) atoms. The smallest absolute Gasteiger partial charge is 0.227 e. The fraction of sp³-hybridized carbons (Fsp3) is 0. The summed E-state index contributed by atoms with van der Waals surface area (Å²) in [5.74, 6) is 2.34. The predicted molar refractivity (Wildman–Crippen MR) is 215 cm³/mol. The van der Waals surface area contributed by atoms with Gasteiger partial charge in [0.05, 0.1) is 0 Å². The van der Waals surface area contributed by atoms with Gasteiger partial charge >= 0.3 is 0 Å². The molecular formula is C46H26N4O2S. The van der Waals surface area contributed by atoms with Gasteiger partial charge in [-0.05, 0) is 42.0 Å². The highest BCUT2D eigenvalue weighted by Gasteiger charge is 2.23. The largest absolute Gasteiger partial charge is 0.456 e. The van der Waals surface area contributed by atoms with E-state index in [-0.39, 0.29) is 0 Å². The third-order valence-electron chi connectivity index (χ3n) is 9.79. The highest BCUT2D eigenvalue weighted by atomic mass is 32.1. The monoisotopic (exact) mass is 698 g/mol. The molecule has 11 aromatic rings. The lowest BCUT2D eigenvalue weighted by molar-refractivity contribution is 0.623.